The van der Waals surface area contributed by atoms with E-state index in [0.717, 1.165) is 23.2 Å². The lowest BCUT2D eigenvalue weighted by Crippen LogP contribution is -1.99. The minimum atomic E-state index is -0.229. The average molecular weight is 262 g/mol. The second-order valence-electron chi connectivity index (χ2n) is 4.31. The third-order valence-electron chi connectivity index (χ3n) is 3.05. The Morgan fingerprint density at radius 3 is 2.67 bits per heavy atom. The minimum Gasteiger partial charge on any atom is -0.343 e. The normalized spacial score (nSPS) is 10.7. The van der Waals surface area contributed by atoms with Gasteiger partial charge in [0, 0.05) is 16.8 Å². The van der Waals surface area contributed by atoms with Crippen LogP contribution in [0.15, 0.2) is 18.2 Å². The number of hydrogen-bond acceptors (Lipinski definition) is 2. The molecular weight excluding hydrogens is 247 g/mol. The first-order valence-electron chi connectivity index (χ1n) is 5.89. The zero-order chi connectivity index (χ0) is 13.3. The molecule has 1 heterocycles. The second-order valence-corrected chi connectivity index (χ2v) is 4.70. The maximum Gasteiger partial charge on any atom is 0.139 e. The fourth-order valence-electron chi connectivity index (χ4n) is 1.81. The van der Waals surface area contributed by atoms with Gasteiger partial charge < -0.3 is 4.98 Å². The lowest BCUT2D eigenvalue weighted by atomic mass is 10.1. The summed E-state index contributed by atoms with van der Waals surface area (Å²) in [7, 11) is 0. The second kappa shape index (κ2) is 4.98. The molecule has 0 saturated heterocycles. The van der Waals surface area contributed by atoms with E-state index in [4.69, 9.17) is 12.2 Å². The smallest absolute Gasteiger partial charge is 0.139 e. The summed E-state index contributed by atoms with van der Waals surface area (Å²) >= 11 is 5.23. The Morgan fingerprint density at radius 2 is 2.06 bits per heavy atom. The van der Waals surface area contributed by atoms with Crippen molar-refractivity contribution >= 4 is 12.2 Å². The van der Waals surface area contributed by atoms with Crippen molar-refractivity contribution in [3.8, 4) is 11.4 Å². The third kappa shape index (κ3) is 2.34. The van der Waals surface area contributed by atoms with Crippen LogP contribution < -0.4 is 0 Å². The Bertz CT molecular complexity index is 647. The van der Waals surface area contributed by atoms with E-state index in [-0.39, 0.29) is 5.82 Å². The molecule has 94 valence electrons. The molecule has 18 heavy (non-hydrogen) atoms. The van der Waals surface area contributed by atoms with Crippen LogP contribution in [0.25, 0.3) is 11.4 Å². The molecule has 2 rings (SSSR count). The first-order chi connectivity index (χ1) is 8.52. The Morgan fingerprint density at radius 1 is 1.33 bits per heavy atom. The number of rotatable bonds is 2. The highest BCUT2D eigenvalue weighted by Gasteiger charge is 2.07. The van der Waals surface area contributed by atoms with Crippen molar-refractivity contribution in [2.75, 3.05) is 0 Å². The highest BCUT2D eigenvalue weighted by Crippen LogP contribution is 2.20. The number of H-pyrrole nitrogens is 1. The highest BCUT2D eigenvalue weighted by atomic mass is 32.1. The number of nitrogens with one attached hydrogen (secondary N) is 1. The monoisotopic (exact) mass is 262 g/mol. The van der Waals surface area contributed by atoms with Crippen molar-refractivity contribution in [1.82, 2.24) is 9.97 Å². The summed E-state index contributed by atoms with van der Waals surface area (Å²) in [6, 6.07) is 5.08. The van der Waals surface area contributed by atoms with Crippen LogP contribution in [-0.2, 0) is 6.42 Å². The molecule has 1 N–H and O–H groups in total. The van der Waals surface area contributed by atoms with Gasteiger partial charge in [0.05, 0.1) is 0 Å². The molecule has 0 bridgehead atoms. The zero-order valence-electron chi connectivity index (χ0n) is 10.7. The molecule has 2 aromatic rings. The molecule has 0 aliphatic carbocycles. The van der Waals surface area contributed by atoms with E-state index < -0.39 is 0 Å². The van der Waals surface area contributed by atoms with Crippen LogP contribution in [0.5, 0.6) is 0 Å². The number of hydrogen-bond donors (Lipinski definition) is 1. The van der Waals surface area contributed by atoms with Crippen molar-refractivity contribution < 1.29 is 4.39 Å². The third-order valence-corrected chi connectivity index (χ3v) is 3.45. The molecule has 1 aromatic heterocycles. The lowest BCUT2D eigenvalue weighted by Gasteiger charge is -2.08. The topological polar surface area (TPSA) is 28.7 Å². The number of nitrogens with zero attached hydrogens (tertiary/aromatic N) is 1. The molecule has 1 aromatic carbocycles. The first-order valence-corrected chi connectivity index (χ1v) is 6.30. The van der Waals surface area contributed by atoms with Gasteiger partial charge in [0.25, 0.3) is 0 Å². The predicted molar refractivity (Wildman–Crippen MR) is 73.7 cm³/mol. The van der Waals surface area contributed by atoms with Crippen molar-refractivity contribution in [1.29, 1.82) is 0 Å². The summed E-state index contributed by atoms with van der Waals surface area (Å²) in [4.78, 5) is 7.54. The average Bonchev–Trinajstić information content (AvgIpc) is 2.36. The van der Waals surface area contributed by atoms with Gasteiger partial charge >= 0.3 is 0 Å². The van der Waals surface area contributed by atoms with Crippen molar-refractivity contribution in [3.05, 3.63) is 45.5 Å². The molecule has 4 heteroatoms. The Kier molecular flexibility index (Phi) is 3.57. The largest absolute Gasteiger partial charge is 0.343 e. The number of aromatic nitrogens is 2. The van der Waals surface area contributed by atoms with Gasteiger partial charge in [0.15, 0.2) is 0 Å². The van der Waals surface area contributed by atoms with E-state index in [1.807, 2.05) is 19.9 Å². The molecule has 0 aliphatic heterocycles. The van der Waals surface area contributed by atoms with E-state index in [1.54, 1.807) is 13.0 Å². The van der Waals surface area contributed by atoms with Gasteiger partial charge in [-0.1, -0.05) is 31.3 Å². The van der Waals surface area contributed by atoms with Crippen molar-refractivity contribution in [2.24, 2.45) is 0 Å². The van der Waals surface area contributed by atoms with Crippen LogP contribution in [0.4, 0.5) is 4.39 Å². The molecule has 0 aliphatic rings. The van der Waals surface area contributed by atoms with Crippen LogP contribution in [-0.4, -0.2) is 9.97 Å². The molecule has 0 fully saturated rings. The summed E-state index contributed by atoms with van der Waals surface area (Å²) in [5.41, 5.74) is 3.38. The minimum absolute atomic E-state index is 0.229. The molecular formula is C14H15FN2S. The van der Waals surface area contributed by atoms with E-state index in [0.29, 0.717) is 16.0 Å². The predicted octanol–water partition coefficient (Wildman–Crippen LogP) is 4.12. The quantitative estimate of drug-likeness (QED) is 0.825. The molecule has 0 unspecified atom stereocenters. The van der Waals surface area contributed by atoms with Gasteiger partial charge in [-0.05, 0) is 31.9 Å². The van der Waals surface area contributed by atoms with Crippen molar-refractivity contribution in [3.63, 3.8) is 0 Å². The fourth-order valence-corrected chi connectivity index (χ4v) is 2.02. The van der Waals surface area contributed by atoms with Gasteiger partial charge in [0.2, 0.25) is 0 Å². The van der Waals surface area contributed by atoms with Crippen LogP contribution in [0.1, 0.15) is 23.7 Å². The van der Waals surface area contributed by atoms with Gasteiger partial charge in [-0.25, -0.2) is 9.37 Å². The summed E-state index contributed by atoms with van der Waals surface area (Å²) in [6.07, 6.45) is 0.847. The summed E-state index contributed by atoms with van der Waals surface area (Å²) < 4.78 is 14.1. The molecule has 0 spiro atoms. The lowest BCUT2D eigenvalue weighted by molar-refractivity contribution is 0.619. The number of halogens is 1. The van der Waals surface area contributed by atoms with Crippen LogP contribution >= 0.6 is 12.2 Å². The fraction of sp³-hybridized carbons (Fsp3) is 0.286. The number of benzene rings is 1. The standard InChI is InChI=1S/C14H15FN2S/c1-4-12-9(3)14(18)17-13(16-12)10-6-5-8(2)11(15)7-10/h5-7H,4H2,1-3H3,(H,16,17,18). The maximum absolute atomic E-state index is 13.6. The van der Waals surface area contributed by atoms with E-state index in [2.05, 4.69) is 9.97 Å². The van der Waals surface area contributed by atoms with Crippen molar-refractivity contribution in [2.45, 2.75) is 27.2 Å². The summed E-state index contributed by atoms with van der Waals surface area (Å²) in [6.45, 7) is 5.73. The van der Waals surface area contributed by atoms with Crippen LogP contribution in [0, 0.1) is 24.3 Å². The Balaban J connectivity index is 2.60. The Hall–Kier alpha value is -1.55. The van der Waals surface area contributed by atoms with Gasteiger partial charge in [-0.2, -0.15) is 0 Å². The summed E-state index contributed by atoms with van der Waals surface area (Å²) in [5.74, 6) is 0.397. The van der Waals surface area contributed by atoms with Gasteiger partial charge in [-0.15, -0.1) is 0 Å². The van der Waals surface area contributed by atoms with Gasteiger partial charge in [0.1, 0.15) is 16.3 Å². The molecule has 0 atom stereocenters. The Labute approximate surface area is 111 Å². The molecule has 0 saturated carbocycles. The molecule has 0 radical (unpaired) electrons. The van der Waals surface area contributed by atoms with E-state index in [1.165, 1.54) is 6.07 Å². The van der Waals surface area contributed by atoms with E-state index in [9.17, 15) is 4.39 Å². The SMILES string of the molecule is CCc1[nH]c(-c2ccc(C)c(F)c2)nc(=S)c1C. The number of aryl methyl sites for hydroxylation is 2. The van der Waals surface area contributed by atoms with Crippen LogP contribution in [0.2, 0.25) is 0 Å². The summed E-state index contributed by atoms with van der Waals surface area (Å²) in [5, 5.41) is 0. The van der Waals surface area contributed by atoms with Gasteiger partial charge in [-0.3, -0.25) is 0 Å². The first kappa shape index (κ1) is 12.9. The zero-order valence-corrected chi connectivity index (χ0v) is 11.5. The maximum atomic E-state index is 13.6. The number of aromatic amines is 1. The van der Waals surface area contributed by atoms with Crippen LogP contribution in [0.3, 0.4) is 0 Å². The molecule has 0 amide bonds. The molecule has 2 nitrogen and oxygen atoms in total. The highest BCUT2D eigenvalue weighted by molar-refractivity contribution is 7.71. The van der Waals surface area contributed by atoms with E-state index >= 15 is 0 Å².